The lowest BCUT2D eigenvalue weighted by atomic mass is 10.0. The number of fused-ring (bicyclic) bond motifs is 1. The highest BCUT2D eigenvalue weighted by molar-refractivity contribution is 7.89. The Bertz CT molecular complexity index is 1600. The molecule has 0 unspecified atom stereocenters. The number of carbonyl (C=O) groups is 1. The van der Waals surface area contributed by atoms with Crippen molar-refractivity contribution in [2.24, 2.45) is 0 Å². The smallest absolute Gasteiger partial charge is 0.244 e. The van der Waals surface area contributed by atoms with Crippen LogP contribution in [0.1, 0.15) is 17.5 Å². The van der Waals surface area contributed by atoms with E-state index in [2.05, 4.69) is 25.5 Å². The molecule has 1 saturated heterocycles. The molecule has 0 atom stereocenters. The van der Waals surface area contributed by atoms with Crippen molar-refractivity contribution in [3.05, 3.63) is 58.7 Å². The second-order valence-electron chi connectivity index (χ2n) is 10.9. The molecule has 2 N–H and O–H groups in total. The molecule has 2 aliphatic heterocycles. The van der Waals surface area contributed by atoms with E-state index in [4.69, 9.17) is 21.1 Å². The van der Waals surface area contributed by atoms with Gasteiger partial charge in [-0.3, -0.25) is 9.69 Å². The van der Waals surface area contributed by atoms with Crippen LogP contribution >= 0.6 is 11.6 Å². The predicted molar refractivity (Wildman–Crippen MR) is 170 cm³/mol. The molecule has 1 amide bonds. The average Bonchev–Trinajstić information content (AvgIpc) is 3.16. The number of nitrogens with one attached hydrogen (secondary N) is 2. The predicted octanol–water partition coefficient (Wildman–Crippen LogP) is 3.53. The fourth-order valence-electron chi connectivity index (χ4n) is 5.29. The molecule has 0 saturated carbocycles. The normalized spacial score (nSPS) is 16.0. The molecule has 44 heavy (non-hydrogen) atoms. The van der Waals surface area contributed by atoms with Gasteiger partial charge in [0.15, 0.2) is 5.82 Å². The third kappa shape index (κ3) is 7.41. The van der Waals surface area contributed by atoms with Crippen molar-refractivity contribution in [1.82, 2.24) is 24.1 Å². The van der Waals surface area contributed by atoms with Gasteiger partial charge in [-0.1, -0.05) is 23.7 Å². The van der Waals surface area contributed by atoms with Crippen molar-refractivity contribution in [1.29, 1.82) is 0 Å². The van der Waals surface area contributed by atoms with Gasteiger partial charge in [0, 0.05) is 46.8 Å². The molecular weight excluding hydrogens is 606 g/mol. The quantitative estimate of drug-likeness (QED) is 0.320. The van der Waals surface area contributed by atoms with Crippen molar-refractivity contribution in [3.8, 4) is 5.75 Å². The number of morpholine rings is 1. The van der Waals surface area contributed by atoms with Crippen LogP contribution in [0.3, 0.4) is 0 Å². The molecule has 1 fully saturated rings. The number of nitrogens with zero attached hydrogens (tertiary/aromatic N) is 5. The van der Waals surface area contributed by atoms with E-state index < -0.39 is 10.0 Å². The summed E-state index contributed by atoms with van der Waals surface area (Å²) in [6, 6.07) is 10.4. The van der Waals surface area contributed by atoms with Gasteiger partial charge in [0.1, 0.15) is 15.7 Å². The fourth-order valence-corrected chi connectivity index (χ4v) is 6.47. The summed E-state index contributed by atoms with van der Waals surface area (Å²) in [7, 11) is 0.794. The van der Waals surface area contributed by atoms with Crippen molar-refractivity contribution in [2.75, 3.05) is 77.8 Å². The first-order valence-electron chi connectivity index (χ1n) is 14.5. The van der Waals surface area contributed by atoms with E-state index in [1.54, 1.807) is 25.3 Å². The second kappa shape index (κ2) is 14.1. The van der Waals surface area contributed by atoms with Crippen molar-refractivity contribution in [2.45, 2.75) is 24.2 Å². The van der Waals surface area contributed by atoms with E-state index in [-0.39, 0.29) is 27.6 Å². The van der Waals surface area contributed by atoms with Gasteiger partial charge in [0.2, 0.25) is 21.9 Å². The first-order valence-corrected chi connectivity index (χ1v) is 16.3. The molecule has 1 aromatic heterocycles. The largest absolute Gasteiger partial charge is 0.495 e. The zero-order valence-electron chi connectivity index (χ0n) is 25.2. The summed E-state index contributed by atoms with van der Waals surface area (Å²) in [6.07, 6.45) is 3.38. The molecule has 14 heteroatoms. The summed E-state index contributed by atoms with van der Waals surface area (Å²) in [4.78, 5) is 26.4. The number of anilines is 4. The Morgan fingerprint density at radius 2 is 1.82 bits per heavy atom. The molecular formula is C30H38ClN7O5S. The molecule has 2 aromatic carbocycles. The van der Waals surface area contributed by atoms with E-state index in [1.807, 2.05) is 17.0 Å². The Hall–Kier alpha value is -3.49. The van der Waals surface area contributed by atoms with Crippen molar-refractivity contribution >= 4 is 50.7 Å². The van der Waals surface area contributed by atoms with Crippen LogP contribution in [-0.2, 0) is 32.4 Å². The molecule has 236 valence electrons. The topological polar surface area (TPSA) is 129 Å². The minimum Gasteiger partial charge on any atom is -0.495 e. The van der Waals surface area contributed by atoms with E-state index in [1.165, 1.54) is 26.4 Å². The van der Waals surface area contributed by atoms with Gasteiger partial charge in [-0.2, -0.15) is 4.98 Å². The Morgan fingerprint density at radius 1 is 1.05 bits per heavy atom. The Balaban J connectivity index is 1.31. The zero-order chi connectivity index (χ0) is 31.3. The lowest BCUT2D eigenvalue weighted by Gasteiger charge is -2.28. The molecule has 0 radical (unpaired) electrons. The maximum Gasteiger partial charge on any atom is 0.244 e. The van der Waals surface area contributed by atoms with Gasteiger partial charge < -0.3 is 25.0 Å². The molecule has 5 rings (SSSR count). The van der Waals surface area contributed by atoms with E-state index in [0.717, 1.165) is 61.2 Å². The van der Waals surface area contributed by atoms with Gasteiger partial charge in [0.05, 0.1) is 44.3 Å². The van der Waals surface area contributed by atoms with Gasteiger partial charge in [-0.05, 0) is 48.2 Å². The number of rotatable bonds is 11. The summed E-state index contributed by atoms with van der Waals surface area (Å²) < 4.78 is 38.0. The van der Waals surface area contributed by atoms with Crippen LogP contribution in [0, 0.1) is 0 Å². The minimum absolute atomic E-state index is 0.0892. The summed E-state index contributed by atoms with van der Waals surface area (Å²) in [6.45, 7) is 5.73. The van der Waals surface area contributed by atoms with Crippen LogP contribution in [0.25, 0.3) is 0 Å². The Labute approximate surface area is 263 Å². The highest BCUT2D eigenvalue weighted by Gasteiger charge is 2.24. The van der Waals surface area contributed by atoms with E-state index in [9.17, 15) is 13.2 Å². The number of aromatic nitrogens is 2. The fraction of sp³-hybridized carbons (Fsp3) is 0.433. The van der Waals surface area contributed by atoms with Crippen LogP contribution < -0.4 is 15.4 Å². The summed E-state index contributed by atoms with van der Waals surface area (Å²) in [5.41, 5.74) is 2.96. The third-order valence-corrected chi connectivity index (χ3v) is 9.91. The number of ether oxygens (including phenoxy) is 2. The van der Waals surface area contributed by atoms with Gasteiger partial charge in [0.25, 0.3) is 0 Å². The molecule has 0 spiro atoms. The Kier molecular flexibility index (Phi) is 10.2. The molecule has 3 heterocycles. The van der Waals surface area contributed by atoms with Crippen molar-refractivity contribution < 1.29 is 22.7 Å². The molecule has 3 aromatic rings. The lowest BCUT2D eigenvalue weighted by Crippen LogP contribution is -2.39. The number of para-hydroxylation sites is 1. The zero-order valence-corrected chi connectivity index (χ0v) is 26.7. The number of sulfonamides is 1. The molecule has 12 nitrogen and oxygen atoms in total. The molecule has 0 bridgehead atoms. The summed E-state index contributed by atoms with van der Waals surface area (Å²) in [5, 5.41) is 6.48. The number of methoxy groups -OCH3 is 1. The van der Waals surface area contributed by atoms with Crippen LogP contribution in [-0.4, -0.2) is 106 Å². The maximum absolute atomic E-state index is 13.1. The minimum atomic E-state index is -3.72. The highest BCUT2D eigenvalue weighted by Crippen LogP contribution is 2.34. The summed E-state index contributed by atoms with van der Waals surface area (Å²) in [5.74, 6) is 1.13. The van der Waals surface area contributed by atoms with Crippen LogP contribution in [0.15, 0.2) is 47.5 Å². The first kappa shape index (κ1) is 31.9. The van der Waals surface area contributed by atoms with Crippen LogP contribution in [0.5, 0.6) is 5.75 Å². The van der Waals surface area contributed by atoms with Crippen LogP contribution in [0.4, 0.5) is 23.1 Å². The number of benzene rings is 2. The standard InChI is InChI=1S/C30H38ClN7O5S/c1-36(2)44(40,41)27-8-5-4-7-24(27)33-29-23(31)20-32-30(35-29)34-25-17-21-9-12-38(11-6-10-37-13-15-43-16-14-37)28(39)19-22(21)18-26(25)42-3/h4-5,7-8,17-18,20H,6,9-16,19H2,1-3H3,(H2,32,33,34,35). The second-order valence-corrected chi connectivity index (χ2v) is 13.4. The molecule has 0 aliphatic carbocycles. The SMILES string of the molecule is COc1cc2c(cc1Nc1ncc(Cl)c(Nc3ccccc3S(=O)(=O)N(C)C)n1)CCN(CCCN1CCOCC1)C(=O)C2. The van der Waals surface area contributed by atoms with E-state index >= 15 is 0 Å². The number of hydrogen-bond acceptors (Lipinski definition) is 10. The third-order valence-electron chi connectivity index (χ3n) is 7.76. The van der Waals surface area contributed by atoms with E-state index in [0.29, 0.717) is 36.5 Å². The lowest BCUT2D eigenvalue weighted by molar-refractivity contribution is -0.130. The monoisotopic (exact) mass is 643 g/mol. The number of amides is 1. The number of carbonyl (C=O) groups excluding carboxylic acids is 1. The highest BCUT2D eigenvalue weighted by atomic mass is 35.5. The first-order chi connectivity index (χ1) is 21.2. The van der Waals surface area contributed by atoms with Crippen LogP contribution in [0.2, 0.25) is 5.02 Å². The Morgan fingerprint density at radius 3 is 2.57 bits per heavy atom. The van der Waals surface area contributed by atoms with Gasteiger partial charge >= 0.3 is 0 Å². The van der Waals surface area contributed by atoms with Crippen molar-refractivity contribution in [3.63, 3.8) is 0 Å². The number of hydrogen-bond donors (Lipinski definition) is 2. The molecule has 2 aliphatic rings. The summed E-state index contributed by atoms with van der Waals surface area (Å²) >= 11 is 6.41. The van der Waals surface area contributed by atoms with Gasteiger partial charge in [-0.15, -0.1) is 0 Å². The average molecular weight is 644 g/mol. The maximum atomic E-state index is 13.1. The van der Waals surface area contributed by atoms with Gasteiger partial charge in [-0.25, -0.2) is 17.7 Å². The number of halogens is 1.